The van der Waals surface area contributed by atoms with E-state index in [1.807, 2.05) is 17.7 Å². The van der Waals surface area contributed by atoms with Gasteiger partial charge in [-0.2, -0.15) is 4.72 Å². The molecule has 1 atom stereocenters. The van der Waals surface area contributed by atoms with Gasteiger partial charge in [-0.25, -0.2) is 13.2 Å². The number of hydrogen-bond acceptors (Lipinski definition) is 11. The lowest BCUT2D eigenvalue weighted by Crippen LogP contribution is -2.48. The van der Waals surface area contributed by atoms with Crippen molar-refractivity contribution in [3.05, 3.63) is 133 Å². The molecule has 16 nitrogen and oxygen atoms in total. The molecule has 0 saturated heterocycles. The van der Waals surface area contributed by atoms with Crippen LogP contribution in [0, 0.1) is 0 Å². The number of amides is 1. The van der Waals surface area contributed by atoms with E-state index >= 15 is 0 Å². The van der Waals surface area contributed by atoms with Gasteiger partial charge in [-0.15, -0.1) is 0 Å². The number of aliphatic hydroxyl groups excluding tert-OH is 2. The molecule has 0 bridgehead atoms. The van der Waals surface area contributed by atoms with Gasteiger partial charge in [0.2, 0.25) is 10.0 Å². The topological polar surface area (TPSA) is 254 Å². The summed E-state index contributed by atoms with van der Waals surface area (Å²) in [4.78, 5) is 26.7. The first-order valence-electron chi connectivity index (χ1n) is 21.6. The van der Waals surface area contributed by atoms with Gasteiger partial charge in [0.1, 0.15) is 6.04 Å². The van der Waals surface area contributed by atoms with E-state index in [9.17, 15) is 23.1 Å². The minimum absolute atomic E-state index is 0.00369. The number of benzene rings is 4. The third kappa shape index (κ3) is 26.0. The number of nitrogens with one attached hydrogen (secondary N) is 2. The summed E-state index contributed by atoms with van der Waals surface area (Å²) in [5.74, 6) is -1.44. The van der Waals surface area contributed by atoms with E-state index in [1.165, 1.54) is 40.2 Å². The number of carboxylic acids is 1. The number of carbonyl (C=O) groups is 2. The highest BCUT2D eigenvalue weighted by Gasteiger charge is 2.26. The molecule has 4 aromatic carbocycles. The van der Waals surface area contributed by atoms with Gasteiger partial charge in [-0.1, -0.05) is 141 Å². The summed E-state index contributed by atoms with van der Waals surface area (Å²) in [5.41, 5.74) is 10.3. The zero-order valence-corrected chi connectivity index (χ0v) is 39.9. The Kier molecular flexibility index (Phi) is 32.7. The Morgan fingerprint density at radius 1 is 0.712 bits per heavy atom. The van der Waals surface area contributed by atoms with Gasteiger partial charge in [-0.3, -0.25) is 9.79 Å². The zero-order chi connectivity index (χ0) is 48.7. The molecule has 66 heavy (non-hydrogen) atoms. The maximum absolute atomic E-state index is 12.2. The van der Waals surface area contributed by atoms with Crippen LogP contribution in [0.4, 0.5) is 4.79 Å². The minimum Gasteiger partial charge on any atom is -0.480 e. The van der Waals surface area contributed by atoms with Gasteiger partial charge in [0.25, 0.3) is 0 Å². The third-order valence-electron chi connectivity index (χ3n) is 8.56. The first-order chi connectivity index (χ1) is 31.9. The van der Waals surface area contributed by atoms with Crippen LogP contribution in [0.3, 0.4) is 0 Å². The van der Waals surface area contributed by atoms with Gasteiger partial charge in [-0.05, 0) is 60.6 Å². The maximum Gasteiger partial charge on any atom is 0.407 e. The highest BCUT2D eigenvalue weighted by atomic mass is 32.2. The van der Waals surface area contributed by atoms with Gasteiger partial charge in [0, 0.05) is 26.4 Å². The monoisotopic (exact) mass is 955 g/mol. The summed E-state index contributed by atoms with van der Waals surface area (Å²) in [5, 5.41) is 31.8. The predicted octanol–water partition coefficient (Wildman–Crippen LogP) is 3.99. The summed E-state index contributed by atoms with van der Waals surface area (Å²) in [6.07, 6.45) is 10.6. The number of unbranched alkanes of at least 4 members (excludes halogenated alkanes) is 1. The minimum atomic E-state index is -4.05. The number of alkyl carbamates (subject to hydrolysis) is 1. The summed E-state index contributed by atoms with van der Waals surface area (Å²) >= 11 is 0. The average molecular weight is 956 g/mol. The molecule has 0 aromatic heterocycles. The summed E-state index contributed by atoms with van der Waals surface area (Å²) < 4.78 is 46.6. The highest BCUT2D eigenvalue weighted by molar-refractivity contribution is 7.93. The lowest BCUT2D eigenvalue weighted by molar-refractivity contribution is -0.138. The van der Waals surface area contributed by atoms with Crippen LogP contribution >= 0.6 is 6.89 Å². The van der Waals surface area contributed by atoms with Gasteiger partial charge in [0.15, 0.2) is 5.96 Å². The number of rotatable bonds is 26. The summed E-state index contributed by atoms with van der Waals surface area (Å²) in [6, 6.07) is 37.7. The number of aliphatic hydroxyl groups is 2. The SMILES string of the molecule is C=P(c1ccccc1)(c1ccccc1)c1ccccc1.CCCOC/C=C/CO.CCCOCCO.NC(N)=NCCOCCCCOC(=O)NCC(NS(=O)(=O)c1ccccc1)C(=O)O. The predicted molar refractivity (Wildman–Crippen MR) is 266 cm³/mol. The molecule has 0 heterocycles. The molecule has 9 N–H and O–H groups in total. The zero-order valence-electron chi connectivity index (χ0n) is 38.2. The number of nitrogens with two attached hydrogens (primary N) is 2. The number of guanidine groups is 1. The van der Waals surface area contributed by atoms with Crippen molar-refractivity contribution >= 4 is 57.1 Å². The second kappa shape index (κ2) is 36.8. The van der Waals surface area contributed by atoms with Crippen LogP contribution in [0.1, 0.15) is 39.5 Å². The smallest absolute Gasteiger partial charge is 0.407 e. The van der Waals surface area contributed by atoms with Gasteiger partial charge in [0.05, 0.1) is 51.1 Å². The number of aliphatic imine (C=N–C) groups is 1. The fourth-order valence-corrected chi connectivity index (χ4v) is 9.48. The molecule has 0 saturated carbocycles. The normalized spacial score (nSPS) is 11.3. The lowest BCUT2D eigenvalue weighted by atomic mass is 10.3. The molecule has 0 spiro atoms. The number of nitrogens with zero attached hydrogens (tertiary/aromatic N) is 1. The first kappa shape index (κ1) is 58.7. The quantitative estimate of drug-likeness (QED) is 0.0155. The molecule has 18 heteroatoms. The molecule has 1 unspecified atom stereocenters. The highest BCUT2D eigenvalue weighted by Crippen LogP contribution is 2.41. The number of ether oxygens (including phenoxy) is 4. The number of aliphatic carboxylic acids is 1. The van der Waals surface area contributed by atoms with Crippen molar-refractivity contribution in [1.29, 1.82) is 0 Å². The van der Waals surface area contributed by atoms with E-state index in [4.69, 9.17) is 46.9 Å². The molecular formula is C48H70N5O11PS. The van der Waals surface area contributed by atoms with Crippen LogP contribution in [-0.4, -0.2) is 127 Å². The molecule has 1 amide bonds. The van der Waals surface area contributed by atoms with E-state index in [0.717, 1.165) is 26.1 Å². The Morgan fingerprint density at radius 3 is 1.67 bits per heavy atom. The van der Waals surface area contributed by atoms with Crippen molar-refractivity contribution in [2.45, 2.75) is 50.5 Å². The van der Waals surface area contributed by atoms with Gasteiger partial charge < -0.3 is 51.1 Å². The lowest BCUT2D eigenvalue weighted by Gasteiger charge is -2.26. The van der Waals surface area contributed by atoms with Gasteiger partial charge >= 0.3 is 12.1 Å². The summed E-state index contributed by atoms with van der Waals surface area (Å²) in [7, 11) is -4.05. The fraction of sp³-hybridized carbons (Fsp3) is 0.375. The molecule has 0 aliphatic heterocycles. The van der Waals surface area contributed by atoms with E-state index in [0.29, 0.717) is 45.8 Å². The Labute approximate surface area is 391 Å². The number of carbonyl (C=O) groups excluding carboxylic acids is 1. The molecule has 4 rings (SSSR count). The standard InChI is InChI=1S/C19H17P.C17H27N5O7S.C7H14O2.C5H12O2/c1-20(17-11-5-2-6-12-17,18-13-7-3-8-14-18)19-15-9-4-10-16-19;18-16(19)20-8-11-28-9-4-5-10-29-17(25)21-12-14(15(23)24)22-30(26,27)13-6-2-1-3-7-13;1-2-6-9-7-4-3-5-8;1-2-4-7-5-3-6/h2-16H,1H2;1-3,6-7,14,22H,4-5,8-12H2,(H,21,25)(H,23,24)(H4,18,19,20);3-4,8H,2,5-7H2,1H3;6H,2-5H2,1H3/b;;4-3+;. The van der Waals surface area contributed by atoms with Crippen molar-refractivity contribution in [1.82, 2.24) is 10.0 Å². The van der Waals surface area contributed by atoms with E-state index < -0.39 is 41.6 Å². The Bertz CT molecular complexity index is 1960. The van der Waals surface area contributed by atoms with E-state index in [1.54, 1.807) is 12.1 Å². The third-order valence-corrected chi connectivity index (χ3v) is 13.6. The summed E-state index contributed by atoms with van der Waals surface area (Å²) in [6.45, 7) is 6.02. The second-order valence-corrected chi connectivity index (χ2v) is 18.7. The number of carboxylic acid groups (broad SMARTS) is 1. The van der Waals surface area contributed by atoms with Crippen molar-refractivity contribution in [2.75, 3.05) is 72.6 Å². The van der Waals surface area contributed by atoms with Crippen LogP contribution in [0.5, 0.6) is 0 Å². The molecule has 4 aromatic rings. The molecule has 0 aliphatic carbocycles. The Balaban J connectivity index is 0.000000513. The van der Waals surface area contributed by atoms with Crippen molar-refractivity contribution in [3.63, 3.8) is 0 Å². The van der Waals surface area contributed by atoms with Crippen molar-refractivity contribution < 1.29 is 52.3 Å². The number of sulfonamides is 1. The second-order valence-electron chi connectivity index (χ2n) is 13.8. The van der Waals surface area contributed by atoms with Crippen molar-refractivity contribution in [2.24, 2.45) is 16.5 Å². The largest absolute Gasteiger partial charge is 0.480 e. The van der Waals surface area contributed by atoms with Crippen LogP contribution in [-0.2, 0) is 33.8 Å². The molecule has 0 radical (unpaired) electrons. The average Bonchev–Trinajstić information content (AvgIpc) is 3.33. The van der Waals surface area contributed by atoms with E-state index in [2.05, 4.69) is 108 Å². The molecule has 364 valence electrons. The van der Waals surface area contributed by atoms with Crippen LogP contribution < -0.4 is 37.4 Å². The number of hydrogen-bond donors (Lipinski definition) is 7. The Morgan fingerprint density at radius 2 is 1.20 bits per heavy atom. The van der Waals surface area contributed by atoms with Crippen molar-refractivity contribution in [3.8, 4) is 0 Å². The fourth-order valence-electron chi connectivity index (χ4n) is 5.33. The first-order valence-corrected chi connectivity index (χ1v) is 25.1. The van der Waals surface area contributed by atoms with Crippen LogP contribution in [0.15, 0.2) is 143 Å². The van der Waals surface area contributed by atoms with Crippen LogP contribution in [0.2, 0.25) is 0 Å². The molecular weight excluding hydrogens is 886 g/mol. The van der Waals surface area contributed by atoms with Crippen LogP contribution in [0.25, 0.3) is 0 Å². The maximum atomic E-state index is 12.2. The van der Waals surface area contributed by atoms with E-state index in [-0.39, 0.29) is 30.7 Å². The molecule has 0 fully saturated rings. The Hall–Kier alpha value is -5.36. The molecule has 0 aliphatic rings.